The van der Waals surface area contributed by atoms with Crippen LogP contribution in [0.25, 0.3) is 11.3 Å². The lowest BCUT2D eigenvalue weighted by Gasteiger charge is -2.08. The Labute approximate surface area is 100 Å². The van der Waals surface area contributed by atoms with Crippen molar-refractivity contribution in [2.75, 3.05) is 11.5 Å². The van der Waals surface area contributed by atoms with Crippen LogP contribution in [-0.2, 0) is 0 Å². The van der Waals surface area contributed by atoms with E-state index in [-0.39, 0.29) is 11.2 Å². The number of aromatic amines is 1. The van der Waals surface area contributed by atoms with Crippen LogP contribution in [-0.4, -0.2) is 4.98 Å². The van der Waals surface area contributed by atoms with Gasteiger partial charge in [0.15, 0.2) is 0 Å². The number of nitrogen functional groups attached to an aromatic ring is 2. The number of rotatable bonds is 1. The van der Waals surface area contributed by atoms with Crippen LogP contribution < -0.4 is 17.0 Å². The van der Waals surface area contributed by atoms with E-state index in [9.17, 15) is 4.79 Å². The molecule has 2 aromatic rings. The Hall–Kier alpha value is -1.75. The van der Waals surface area contributed by atoms with Crippen molar-refractivity contribution in [3.63, 3.8) is 0 Å². The molecule has 0 aliphatic rings. The molecule has 0 fully saturated rings. The maximum absolute atomic E-state index is 11.4. The molecule has 0 atom stereocenters. The smallest absolute Gasteiger partial charge is 0.271 e. The zero-order chi connectivity index (χ0) is 11.7. The monoisotopic (exact) mass is 279 g/mol. The van der Waals surface area contributed by atoms with Gasteiger partial charge in [0, 0.05) is 10.0 Å². The van der Waals surface area contributed by atoms with Gasteiger partial charge in [-0.15, -0.1) is 0 Å². The predicted molar refractivity (Wildman–Crippen MR) is 69.0 cm³/mol. The fourth-order valence-electron chi connectivity index (χ4n) is 1.45. The minimum Gasteiger partial charge on any atom is -0.397 e. The van der Waals surface area contributed by atoms with Gasteiger partial charge in [0.05, 0.1) is 17.1 Å². The molecule has 1 aromatic carbocycles. The summed E-state index contributed by atoms with van der Waals surface area (Å²) >= 11 is 3.40. The summed E-state index contributed by atoms with van der Waals surface area (Å²) in [5.74, 6) is 0. The molecule has 2 rings (SSSR count). The summed E-state index contributed by atoms with van der Waals surface area (Å²) in [5.41, 5.74) is 12.9. The Morgan fingerprint density at radius 1 is 1.12 bits per heavy atom. The van der Waals surface area contributed by atoms with E-state index >= 15 is 0 Å². The molecule has 5 N–H and O–H groups in total. The molecule has 0 aliphatic heterocycles. The number of pyridine rings is 1. The summed E-state index contributed by atoms with van der Waals surface area (Å²) in [6.45, 7) is 0. The van der Waals surface area contributed by atoms with Crippen LogP contribution in [0.5, 0.6) is 0 Å². The number of H-pyrrole nitrogens is 1. The van der Waals surface area contributed by atoms with Crippen molar-refractivity contribution in [3.05, 3.63) is 45.2 Å². The van der Waals surface area contributed by atoms with Gasteiger partial charge in [0.2, 0.25) is 0 Å². The molecular formula is C11H10BrN3O. The van der Waals surface area contributed by atoms with Crippen molar-refractivity contribution >= 4 is 27.3 Å². The fraction of sp³-hybridized carbons (Fsp3) is 0. The zero-order valence-corrected chi connectivity index (χ0v) is 9.91. The Morgan fingerprint density at radius 2 is 1.81 bits per heavy atom. The van der Waals surface area contributed by atoms with Crippen molar-refractivity contribution in [1.82, 2.24) is 4.98 Å². The summed E-state index contributed by atoms with van der Waals surface area (Å²) in [4.78, 5) is 14.1. The van der Waals surface area contributed by atoms with Crippen molar-refractivity contribution < 1.29 is 0 Å². The third-order valence-electron chi connectivity index (χ3n) is 2.24. The number of nitrogens with two attached hydrogens (primary N) is 2. The maximum Gasteiger partial charge on any atom is 0.271 e. The molecule has 16 heavy (non-hydrogen) atoms. The first kappa shape index (κ1) is 10.8. The first-order chi connectivity index (χ1) is 7.59. The molecular weight excluding hydrogens is 270 g/mol. The molecule has 0 radical (unpaired) electrons. The highest BCUT2D eigenvalue weighted by molar-refractivity contribution is 9.10. The second kappa shape index (κ2) is 4.02. The van der Waals surface area contributed by atoms with E-state index in [0.717, 1.165) is 10.0 Å². The molecule has 82 valence electrons. The topological polar surface area (TPSA) is 84.9 Å². The highest BCUT2D eigenvalue weighted by atomic mass is 79.9. The fourth-order valence-corrected chi connectivity index (χ4v) is 1.93. The molecule has 0 saturated heterocycles. The van der Waals surface area contributed by atoms with E-state index < -0.39 is 0 Å². The molecule has 4 nitrogen and oxygen atoms in total. The molecule has 0 spiro atoms. The lowest BCUT2D eigenvalue weighted by Crippen LogP contribution is -2.13. The number of benzene rings is 1. The molecule has 0 unspecified atom stereocenters. The zero-order valence-electron chi connectivity index (χ0n) is 8.33. The average molecular weight is 280 g/mol. The molecule has 0 saturated carbocycles. The lowest BCUT2D eigenvalue weighted by atomic mass is 10.1. The van der Waals surface area contributed by atoms with Gasteiger partial charge in [-0.1, -0.05) is 34.1 Å². The number of nitrogens with one attached hydrogen (secondary N) is 1. The quantitative estimate of drug-likeness (QED) is 0.746. The van der Waals surface area contributed by atoms with Gasteiger partial charge in [-0.2, -0.15) is 0 Å². The second-order valence-electron chi connectivity index (χ2n) is 3.36. The largest absolute Gasteiger partial charge is 0.397 e. The van der Waals surface area contributed by atoms with E-state index in [4.69, 9.17) is 11.5 Å². The number of aromatic nitrogens is 1. The maximum atomic E-state index is 11.4. The van der Waals surface area contributed by atoms with Crippen molar-refractivity contribution in [2.24, 2.45) is 0 Å². The summed E-state index contributed by atoms with van der Waals surface area (Å²) < 4.78 is 0.863. The normalized spacial score (nSPS) is 10.3. The number of anilines is 2. The standard InChI is InChI=1S/C11H10BrN3O/c12-7-4-2-1-3-6(7)10-8(13)5-9(14)11(16)15-10/h1-5H,13-14H2,(H,15,16). The predicted octanol–water partition coefficient (Wildman–Crippen LogP) is 1.97. The first-order valence-corrected chi connectivity index (χ1v) is 5.42. The molecule has 1 heterocycles. The number of hydrogen-bond acceptors (Lipinski definition) is 3. The lowest BCUT2D eigenvalue weighted by molar-refractivity contribution is 1.25. The van der Waals surface area contributed by atoms with Crippen LogP contribution in [0.2, 0.25) is 0 Å². The third-order valence-corrected chi connectivity index (χ3v) is 2.94. The van der Waals surface area contributed by atoms with Gasteiger partial charge in [-0.3, -0.25) is 4.79 Å². The van der Waals surface area contributed by atoms with Gasteiger partial charge >= 0.3 is 0 Å². The first-order valence-electron chi connectivity index (χ1n) is 4.63. The van der Waals surface area contributed by atoms with Gasteiger partial charge in [-0.25, -0.2) is 0 Å². The summed E-state index contributed by atoms with van der Waals surface area (Å²) in [7, 11) is 0. The molecule has 5 heteroatoms. The Bertz CT molecular complexity index is 592. The van der Waals surface area contributed by atoms with Crippen molar-refractivity contribution in [1.29, 1.82) is 0 Å². The molecule has 0 amide bonds. The average Bonchev–Trinajstić information content (AvgIpc) is 2.25. The minimum absolute atomic E-state index is 0.119. The van der Waals surface area contributed by atoms with E-state index in [0.29, 0.717) is 11.4 Å². The Kier molecular flexibility index (Phi) is 2.70. The molecule has 0 aliphatic carbocycles. The Balaban J connectivity index is 2.70. The van der Waals surface area contributed by atoms with Crippen LogP contribution in [0.1, 0.15) is 0 Å². The van der Waals surface area contributed by atoms with E-state index in [1.54, 1.807) is 0 Å². The third kappa shape index (κ3) is 1.81. The van der Waals surface area contributed by atoms with Gasteiger partial charge < -0.3 is 16.5 Å². The Morgan fingerprint density at radius 3 is 2.50 bits per heavy atom. The van der Waals surface area contributed by atoms with E-state index in [2.05, 4.69) is 20.9 Å². The number of halogens is 1. The summed E-state index contributed by atoms with van der Waals surface area (Å²) in [5, 5.41) is 0. The highest BCUT2D eigenvalue weighted by Gasteiger charge is 2.08. The summed E-state index contributed by atoms with van der Waals surface area (Å²) in [6, 6.07) is 8.96. The van der Waals surface area contributed by atoms with Crippen molar-refractivity contribution in [2.45, 2.75) is 0 Å². The van der Waals surface area contributed by atoms with Crippen LogP contribution >= 0.6 is 15.9 Å². The van der Waals surface area contributed by atoms with E-state index in [1.807, 2.05) is 24.3 Å². The van der Waals surface area contributed by atoms with Gasteiger partial charge in [0.1, 0.15) is 0 Å². The van der Waals surface area contributed by atoms with E-state index in [1.165, 1.54) is 6.07 Å². The van der Waals surface area contributed by atoms with Crippen LogP contribution in [0.15, 0.2) is 39.6 Å². The van der Waals surface area contributed by atoms with Gasteiger partial charge in [-0.05, 0) is 12.1 Å². The highest BCUT2D eigenvalue weighted by Crippen LogP contribution is 2.29. The van der Waals surface area contributed by atoms with Crippen LogP contribution in [0.4, 0.5) is 11.4 Å². The van der Waals surface area contributed by atoms with Crippen molar-refractivity contribution in [3.8, 4) is 11.3 Å². The molecule has 0 bridgehead atoms. The second-order valence-corrected chi connectivity index (χ2v) is 4.22. The van der Waals surface area contributed by atoms with Gasteiger partial charge in [0.25, 0.3) is 5.56 Å². The number of hydrogen-bond donors (Lipinski definition) is 3. The van der Waals surface area contributed by atoms with Crippen LogP contribution in [0, 0.1) is 0 Å². The van der Waals surface area contributed by atoms with Crippen LogP contribution in [0.3, 0.4) is 0 Å². The summed E-state index contributed by atoms with van der Waals surface area (Å²) in [6.07, 6.45) is 0. The molecule has 1 aromatic heterocycles. The SMILES string of the molecule is Nc1cc(N)c(=O)[nH]c1-c1ccccc1Br. The minimum atomic E-state index is -0.333.